The van der Waals surface area contributed by atoms with Gasteiger partial charge in [-0.2, -0.15) is 0 Å². The molecule has 0 spiro atoms. The number of hydrogen-bond donors (Lipinski definition) is 2. The lowest BCUT2D eigenvalue weighted by Gasteiger charge is -2.17. The molecule has 0 radical (unpaired) electrons. The van der Waals surface area contributed by atoms with E-state index in [9.17, 15) is 9.59 Å². The van der Waals surface area contributed by atoms with E-state index in [2.05, 4.69) is 5.32 Å². The van der Waals surface area contributed by atoms with Crippen molar-refractivity contribution in [1.29, 1.82) is 0 Å². The van der Waals surface area contributed by atoms with Crippen molar-refractivity contribution in [2.24, 2.45) is 5.73 Å². The topological polar surface area (TPSA) is 81.4 Å². The molecule has 0 saturated heterocycles. The third kappa shape index (κ3) is 3.63. The molecule has 0 aliphatic carbocycles. The van der Waals surface area contributed by atoms with Crippen LogP contribution >= 0.6 is 0 Å². The molecule has 2 aromatic rings. The molecule has 0 heterocycles. The number of para-hydroxylation sites is 1. The molecule has 5 nitrogen and oxygen atoms in total. The van der Waals surface area contributed by atoms with Gasteiger partial charge in [0.25, 0.3) is 5.91 Å². The standard InChI is InChI=1S/C17H18N2O3/c1-2-22-14-11-7-6-10-13(14)17(21)19-15(16(18)20)12-8-4-3-5-9-12/h3-11,15H,2H2,1H3,(H2,18,20)(H,19,21). The predicted octanol–water partition coefficient (Wildman–Crippen LogP) is 2.04. The molecule has 1 atom stereocenters. The summed E-state index contributed by atoms with van der Waals surface area (Å²) in [6.45, 7) is 2.28. The largest absolute Gasteiger partial charge is 0.493 e. The Hall–Kier alpha value is -2.82. The monoisotopic (exact) mass is 298 g/mol. The van der Waals surface area contributed by atoms with Gasteiger partial charge in [-0.05, 0) is 24.6 Å². The van der Waals surface area contributed by atoms with E-state index in [4.69, 9.17) is 10.5 Å². The fourth-order valence-electron chi connectivity index (χ4n) is 2.11. The van der Waals surface area contributed by atoms with Gasteiger partial charge in [-0.1, -0.05) is 42.5 Å². The zero-order valence-corrected chi connectivity index (χ0v) is 12.3. The quantitative estimate of drug-likeness (QED) is 0.856. The maximum Gasteiger partial charge on any atom is 0.255 e. The lowest BCUT2D eigenvalue weighted by Crippen LogP contribution is -2.37. The molecule has 0 aliphatic heterocycles. The molecule has 2 rings (SSSR count). The van der Waals surface area contributed by atoms with Crippen LogP contribution in [0.5, 0.6) is 5.75 Å². The molecule has 5 heteroatoms. The minimum absolute atomic E-state index is 0.367. The number of nitrogens with one attached hydrogen (secondary N) is 1. The van der Waals surface area contributed by atoms with Gasteiger partial charge in [0.1, 0.15) is 11.8 Å². The van der Waals surface area contributed by atoms with Crippen molar-refractivity contribution in [3.8, 4) is 5.75 Å². The molecule has 1 unspecified atom stereocenters. The molecule has 114 valence electrons. The van der Waals surface area contributed by atoms with Gasteiger partial charge >= 0.3 is 0 Å². The zero-order chi connectivity index (χ0) is 15.9. The van der Waals surface area contributed by atoms with Crippen LogP contribution in [0.1, 0.15) is 28.9 Å². The fraction of sp³-hybridized carbons (Fsp3) is 0.176. The SMILES string of the molecule is CCOc1ccccc1C(=O)NC(C(N)=O)c1ccccc1. The van der Waals surface area contributed by atoms with Gasteiger partial charge in [0.05, 0.1) is 12.2 Å². The number of hydrogen-bond acceptors (Lipinski definition) is 3. The van der Waals surface area contributed by atoms with Crippen molar-refractivity contribution < 1.29 is 14.3 Å². The van der Waals surface area contributed by atoms with E-state index < -0.39 is 17.9 Å². The highest BCUT2D eigenvalue weighted by atomic mass is 16.5. The van der Waals surface area contributed by atoms with Crippen molar-refractivity contribution in [2.75, 3.05) is 6.61 Å². The van der Waals surface area contributed by atoms with Crippen LogP contribution in [0.15, 0.2) is 54.6 Å². The Morgan fingerprint density at radius 1 is 1.09 bits per heavy atom. The molecular weight excluding hydrogens is 280 g/mol. The number of primary amides is 1. The molecule has 22 heavy (non-hydrogen) atoms. The van der Waals surface area contributed by atoms with E-state index in [1.54, 1.807) is 48.5 Å². The summed E-state index contributed by atoms with van der Waals surface area (Å²) in [4.78, 5) is 24.1. The number of carbonyl (C=O) groups excluding carboxylic acids is 2. The van der Waals surface area contributed by atoms with E-state index in [-0.39, 0.29) is 0 Å². The first-order chi connectivity index (χ1) is 10.6. The minimum Gasteiger partial charge on any atom is -0.493 e. The summed E-state index contributed by atoms with van der Waals surface area (Å²) in [5.74, 6) is -0.552. The second kappa shape index (κ2) is 7.26. The van der Waals surface area contributed by atoms with Gasteiger partial charge in [-0.3, -0.25) is 9.59 Å². The average Bonchev–Trinajstić information content (AvgIpc) is 2.54. The number of carbonyl (C=O) groups is 2. The van der Waals surface area contributed by atoms with Crippen LogP contribution in [0.4, 0.5) is 0 Å². The van der Waals surface area contributed by atoms with Crippen molar-refractivity contribution in [3.63, 3.8) is 0 Å². The zero-order valence-electron chi connectivity index (χ0n) is 12.3. The second-order valence-electron chi connectivity index (χ2n) is 4.65. The van der Waals surface area contributed by atoms with Crippen molar-refractivity contribution in [3.05, 3.63) is 65.7 Å². The van der Waals surface area contributed by atoms with Crippen LogP contribution in [0, 0.1) is 0 Å². The Morgan fingerprint density at radius 2 is 1.73 bits per heavy atom. The summed E-state index contributed by atoms with van der Waals surface area (Å²) in [6.07, 6.45) is 0. The van der Waals surface area contributed by atoms with Gasteiger partial charge in [0.2, 0.25) is 5.91 Å². The van der Waals surface area contributed by atoms with Gasteiger partial charge in [-0.25, -0.2) is 0 Å². The van der Waals surface area contributed by atoms with Gasteiger partial charge < -0.3 is 15.8 Å². The lowest BCUT2D eigenvalue weighted by atomic mass is 10.1. The second-order valence-corrected chi connectivity index (χ2v) is 4.65. The Labute approximate surface area is 129 Å². The summed E-state index contributed by atoms with van der Waals surface area (Å²) in [5, 5.41) is 2.65. The average molecular weight is 298 g/mol. The van der Waals surface area contributed by atoms with Crippen LogP contribution in [-0.2, 0) is 4.79 Å². The summed E-state index contributed by atoms with van der Waals surface area (Å²) >= 11 is 0. The van der Waals surface area contributed by atoms with Crippen LogP contribution in [0.3, 0.4) is 0 Å². The highest BCUT2D eigenvalue weighted by Crippen LogP contribution is 2.20. The van der Waals surface area contributed by atoms with E-state index in [1.165, 1.54) is 0 Å². The van der Waals surface area contributed by atoms with Gasteiger partial charge in [0, 0.05) is 0 Å². The molecule has 3 N–H and O–H groups in total. The molecule has 0 bridgehead atoms. The van der Waals surface area contributed by atoms with E-state index in [1.807, 2.05) is 13.0 Å². The molecule has 0 fully saturated rings. The summed E-state index contributed by atoms with van der Waals surface area (Å²) in [6, 6.07) is 14.9. The summed E-state index contributed by atoms with van der Waals surface area (Å²) in [7, 11) is 0. The minimum atomic E-state index is -0.886. The Bertz CT molecular complexity index is 656. The van der Waals surface area contributed by atoms with Crippen LogP contribution in [0.25, 0.3) is 0 Å². The Morgan fingerprint density at radius 3 is 2.36 bits per heavy atom. The van der Waals surface area contributed by atoms with E-state index in [0.717, 1.165) is 0 Å². The first-order valence-electron chi connectivity index (χ1n) is 7.00. The van der Waals surface area contributed by atoms with Gasteiger partial charge in [-0.15, -0.1) is 0 Å². The van der Waals surface area contributed by atoms with Crippen molar-refractivity contribution in [1.82, 2.24) is 5.32 Å². The number of ether oxygens (including phenoxy) is 1. The smallest absolute Gasteiger partial charge is 0.255 e. The maximum absolute atomic E-state index is 12.4. The van der Waals surface area contributed by atoms with Gasteiger partial charge in [0.15, 0.2) is 0 Å². The summed E-state index contributed by atoms with van der Waals surface area (Å²) < 4.78 is 5.43. The first-order valence-corrected chi connectivity index (χ1v) is 7.00. The highest BCUT2D eigenvalue weighted by molar-refractivity contribution is 5.99. The fourth-order valence-corrected chi connectivity index (χ4v) is 2.11. The lowest BCUT2D eigenvalue weighted by molar-refractivity contribution is -0.120. The number of rotatable bonds is 6. The van der Waals surface area contributed by atoms with Crippen molar-refractivity contribution in [2.45, 2.75) is 13.0 Å². The normalized spacial score (nSPS) is 11.5. The molecule has 2 amide bonds. The Kier molecular flexibility index (Phi) is 5.14. The molecule has 0 saturated carbocycles. The van der Waals surface area contributed by atoms with Crippen LogP contribution in [-0.4, -0.2) is 18.4 Å². The van der Waals surface area contributed by atoms with Crippen LogP contribution < -0.4 is 15.8 Å². The number of nitrogens with two attached hydrogens (primary N) is 1. The highest BCUT2D eigenvalue weighted by Gasteiger charge is 2.22. The third-order valence-electron chi connectivity index (χ3n) is 3.12. The summed E-state index contributed by atoms with van der Waals surface area (Å²) in [5.41, 5.74) is 6.41. The molecule has 2 aromatic carbocycles. The predicted molar refractivity (Wildman–Crippen MR) is 83.5 cm³/mol. The third-order valence-corrected chi connectivity index (χ3v) is 3.12. The molecule has 0 aliphatic rings. The van der Waals surface area contributed by atoms with Crippen molar-refractivity contribution >= 4 is 11.8 Å². The van der Waals surface area contributed by atoms with Crippen LogP contribution in [0.2, 0.25) is 0 Å². The number of benzene rings is 2. The maximum atomic E-state index is 12.4. The van der Waals surface area contributed by atoms with E-state index >= 15 is 0 Å². The molecular formula is C17H18N2O3. The van der Waals surface area contributed by atoms with E-state index in [0.29, 0.717) is 23.5 Å². The molecule has 0 aromatic heterocycles. The Balaban J connectivity index is 2.24. The number of amides is 2. The first kappa shape index (κ1) is 15.6.